The van der Waals surface area contributed by atoms with E-state index in [9.17, 15) is 13.2 Å². The van der Waals surface area contributed by atoms with Gasteiger partial charge in [-0.15, -0.1) is 11.3 Å². The van der Waals surface area contributed by atoms with Crippen LogP contribution in [0, 0.1) is 6.92 Å². The fourth-order valence-corrected chi connectivity index (χ4v) is 3.83. The number of sulfonamides is 1. The van der Waals surface area contributed by atoms with E-state index in [4.69, 9.17) is 0 Å². The number of anilines is 2. The normalized spacial score (nSPS) is 11.1. The zero-order valence-corrected chi connectivity index (χ0v) is 14.9. The van der Waals surface area contributed by atoms with E-state index in [1.807, 2.05) is 12.3 Å². The van der Waals surface area contributed by atoms with Gasteiger partial charge in [-0.1, -0.05) is 18.2 Å². The largest absolute Gasteiger partial charge is 0.298 e. The van der Waals surface area contributed by atoms with Crippen LogP contribution in [0.3, 0.4) is 0 Å². The highest BCUT2D eigenvalue weighted by atomic mass is 32.2. The first-order valence-corrected chi connectivity index (χ1v) is 9.72. The zero-order chi connectivity index (χ0) is 17.9. The van der Waals surface area contributed by atoms with Crippen molar-refractivity contribution in [2.45, 2.75) is 11.8 Å². The van der Waals surface area contributed by atoms with Crippen molar-refractivity contribution in [2.24, 2.45) is 0 Å². The van der Waals surface area contributed by atoms with E-state index in [0.717, 1.165) is 5.69 Å². The first-order chi connectivity index (χ1) is 11.9. The predicted molar refractivity (Wildman–Crippen MR) is 98.5 cm³/mol. The second kappa shape index (κ2) is 7.04. The molecule has 0 unspecified atom stereocenters. The number of nitrogens with zero attached hydrogens (tertiary/aromatic N) is 1. The first kappa shape index (κ1) is 17.1. The lowest BCUT2D eigenvalue weighted by atomic mass is 10.2. The Kier molecular flexibility index (Phi) is 4.82. The number of hydrogen-bond acceptors (Lipinski definition) is 5. The first-order valence-electron chi connectivity index (χ1n) is 7.35. The van der Waals surface area contributed by atoms with E-state index < -0.39 is 10.0 Å². The third kappa shape index (κ3) is 4.23. The minimum atomic E-state index is -3.70. The molecule has 0 aliphatic carbocycles. The quantitative estimate of drug-likeness (QED) is 0.716. The molecule has 2 aromatic carbocycles. The lowest BCUT2D eigenvalue weighted by Gasteiger charge is -2.08. The highest BCUT2D eigenvalue weighted by Crippen LogP contribution is 2.18. The standard InChI is InChI=1S/C17H15N3O3S2/c1-12-11-24-17(18-12)19-16(21)13-7-9-15(10-8-13)25(22,23)20-14-5-3-2-4-6-14/h2-11,20H,1H3,(H,18,19,21). The van der Waals surface area contributed by atoms with Gasteiger partial charge in [-0.2, -0.15) is 0 Å². The third-order valence-corrected chi connectivity index (χ3v) is 5.57. The van der Waals surface area contributed by atoms with Gasteiger partial charge < -0.3 is 0 Å². The Morgan fingerprint density at radius 3 is 2.32 bits per heavy atom. The van der Waals surface area contributed by atoms with Crippen molar-refractivity contribution in [1.29, 1.82) is 0 Å². The Morgan fingerprint density at radius 2 is 1.72 bits per heavy atom. The van der Waals surface area contributed by atoms with Gasteiger partial charge >= 0.3 is 0 Å². The van der Waals surface area contributed by atoms with Crippen LogP contribution in [0.2, 0.25) is 0 Å². The van der Waals surface area contributed by atoms with E-state index in [0.29, 0.717) is 16.4 Å². The molecule has 8 heteroatoms. The number of thiazole rings is 1. The molecule has 0 fully saturated rings. The molecule has 128 valence electrons. The minimum Gasteiger partial charge on any atom is -0.298 e. The predicted octanol–water partition coefficient (Wildman–Crippen LogP) is 3.50. The lowest BCUT2D eigenvalue weighted by molar-refractivity contribution is 0.102. The van der Waals surface area contributed by atoms with E-state index in [1.165, 1.54) is 35.6 Å². The number of carbonyl (C=O) groups excluding carboxylic acids is 1. The van der Waals surface area contributed by atoms with Gasteiger partial charge in [-0.25, -0.2) is 13.4 Å². The zero-order valence-electron chi connectivity index (χ0n) is 13.3. The highest BCUT2D eigenvalue weighted by molar-refractivity contribution is 7.92. The molecule has 3 rings (SSSR count). The monoisotopic (exact) mass is 373 g/mol. The van der Waals surface area contributed by atoms with Crippen molar-refractivity contribution in [3.8, 4) is 0 Å². The molecule has 0 aliphatic heterocycles. The van der Waals surface area contributed by atoms with Crippen molar-refractivity contribution in [3.63, 3.8) is 0 Å². The number of rotatable bonds is 5. The number of aromatic nitrogens is 1. The smallest absolute Gasteiger partial charge is 0.261 e. The molecule has 0 aliphatic rings. The number of benzene rings is 2. The van der Waals surface area contributed by atoms with E-state index in [2.05, 4.69) is 15.0 Å². The van der Waals surface area contributed by atoms with Gasteiger partial charge in [0.25, 0.3) is 15.9 Å². The van der Waals surface area contributed by atoms with Gasteiger partial charge in [0.05, 0.1) is 10.6 Å². The number of aryl methyl sites for hydroxylation is 1. The Hall–Kier alpha value is -2.71. The van der Waals surface area contributed by atoms with Crippen LogP contribution in [0.4, 0.5) is 10.8 Å². The molecule has 1 amide bonds. The maximum absolute atomic E-state index is 12.4. The summed E-state index contributed by atoms with van der Waals surface area (Å²) in [5.74, 6) is -0.339. The fraction of sp³-hybridized carbons (Fsp3) is 0.0588. The average Bonchev–Trinajstić information content (AvgIpc) is 3.00. The van der Waals surface area contributed by atoms with E-state index in [-0.39, 0.29) is 10.8 Å². The highest BCUT2D eigenvalue weighted by Gasteiger charge is 2.15. The molecule has 25 heavy (non-hydrogen) atoms. The van der Waals surface area contributed by atoms with Crippen LogP contribution in [0.1, 0.15) is 16.1 Å². The van der Waals surface area contributed by atoms with Crippen LogP contribution in [0.15, 0.2) is 64.9 Å². The second-order valence-corrected chi connectivity index (χ2v) is 7.78. The van der Waals surface area contributed by atoms with Crippen LogP contribution in [-0.2, 0) is 10.0 Å². The summed E-state index contributed by atoms with van der Waals surface area (Å²) in [4.78, 5) is 16.4. The topological polar surface area (TPSA) is 88.2 Å². The summed E-state index contributed by atoms with van der Waals surface area (Å²) in [6.45, 7) is 1.84. The maximum Gasteiger partial charge on any atom is 0.261 e. The third-order valence-electron chi connectivity index (χ3n) is 3.29. The Bertz CT molecular complexity index is 981. The van der Waals surface area contributed by atoms with E-state index in [1.54, 1.807) is 30.3 Å². The number of carbonyl (C=O) groups is 1. The summed E-state index contributed by atoms with van der Waals surface area (Å²) in [6, 6.07) is 14.3. The molecular weight excluding hydrogens is 358 g/mol. The molecule has 0 radical (unpaired) electrons. The summed E-state index contributed by atoms with van der Waals surface area (Å²) in [7, 11) is -3.70. The maximum atomic E-state index is 12.4. The summed E-state index contributed by atoms with van der Waals surface area (Å²) in [5, 5.41) is 5.02. The molecule has 6 nitrogen and oxygen atoms in total. The Balaban J connectivity index is 1.74. The Labute approximate surface area is 149 Å². The molecule has 1 heterocycles. The summed E-state index contributed by atoms with van der Waals surface area (Å²) < 4.78 is 27.2. The fourth-order valence-electron chi connectivity index (χ4n) is 2.09. The average molecular weight is 373 g/mol. The molecule has 0 spiro atoms. The van der Waals surface area contributed by atoms with Gasteiger partial charge in [0, 0.05) is 16.6 Å². The molecule has 0 bridgehead atoms. The van der Waals surface area contributed by atoms with Crippen molar-refractivity contribution < 1.29 is 13.2 Å². The molecule has 1 aromatic heterocycles. The van der Waals surface area contributed by atoms with Crippen LogP contribution >= 0.6 is 11.3 Å². The summed E-state index contributed by atoms with van der Waals surface area (Å²) >= 11 is 1.33. The number of hydrogen-bond donors (Lipinski definition) is 2. The van der Waals surface area contributed by atoms with Crippen molar-refractivity contribution in [2.75, 3.05) is 10.0 Å². The van der Waals surface area contributed by atoms with Crippen LogP contribution in [-0.4, -0.2) is 19.3 Å². The van der Waals surface area contributed by atoms with Crippen LogP contribution in [0.5, 0.6) is 0 Å². The molecule has 0 saturated heterocycles. The van der Waals surface area contributed by atoms with Gasteiger partial charge in [0.2, 0.25) is 0 Å². The molecular formula is C17H15N3O3S2. The molecule has 0 atom stereocenters. The van der Waals surface area contributed by atoms with Gasteiger partial charge in [-0.3, -0.25) is 14.8 Å². The van der Waals surface area contributed by atoms with E-state index >= 15 is 0 Å². The number of amides is 1. The second-order valence-electron chi connectivity index (χ2n) is 5.24. The van der Waals surface area contributed by atoms with Gasteiger partial charge in [0.15, 0.2) is 5.13 Å². The number of para-hydroxylation sites is 1. The lowest BCUT2D eigenvalue weighted by Crippen LogP contribution is -2.14. The van der Waals surface area contributed by atoms with Crippen LogP contribution in [0.25, 0.3) is 0 Å². The van der Waals surface area contributed by atoms with Crippen molar-refractivity contribution in [1.82, 2.24) is 4.98 Å². The van der Waals surface area contributed by atoms with Gasteiger partial charge in [-0.05, 0) is 43.3 Å². The summed E-state index contributed by atoms with van der Waals surface area (Å²) in [6.07, 6.45) is 0. The SMILES string of the molecule is Cc1csc(NC(=O)c2ccc(S(=O)(=O)Nc3ccccc3)cc2)n1. The van der Waals surface area contributed by atoms with Crippen LogP contribution < -0.4 is 10.0 Å². The minimum absolute atomic E-state index is 0.0815. The van der Waals surface area contributed by atoms with Gasteiger partial charge in [0.1, 0.15) is 0 Å². The van der Waals surface area contributed by atoms with Crippen molar-refractivity contribution >= 4 is 38.1 Å². The number of nitrogens with one attached hydrogen (secondary N) is 2. The molecule has 0 saturated carbocycles. The Morgan fingerprint density at radius 1 is 1.04 bits per heavy atom. The van der Waals surface area contributed by atoms with Crippen molar-refractivity contribution in [3.05, 3.63) is 71.2 Å². The molecule has 2 N–H and O–H groups in total. The molecule has 3 aromatic rings. The summed E-state index contributed by atoms with van der Waals surface area (Å²) in [5.41, 5.74) is 1.66.